The first-order chi connectivity index (χ1) is 10.2. The summed E-state index contributed by atoms with van der Waals surface area (Å²) >= 11 is 0. The molecule has 1 aliphatic heterocycles. The van der Waals surface area contributed by atoms with Gasteiger partial charge < -0.3 is 14.2 Å². The predicted molar refractivity (Wildman–Crippen MR) is 82.2 cm³/mol. The normalized spacial score (nSPS) is 15.6. The van der Waals surface area contributed by atoms with Crippen molar-refractivity contribution in [2.24, 2.45) is 0 Å². The summed E-state index contributed by atoms with van der Waals surface area (Å²) in [4.78, 5) is 0. The van der Waals surface area contributed by atoms with Crippen LogP contribution in [0.2, 0.25) is 0 Å². The van der Waals surface area contributed by atoms with E-state index in [1.807, 2.05) is 30.3 Å². The predicted octanol–water partition coefficient (Wildman–Crippen LogP) is 4.40. The first-order valence-corrected chi connectivity index (χ1v) is 6.91. The molecule has 0 N–H and O–H groups in total. The third kappa shape index (κ3) is 2.52. The fourth-order valence-corrected chi connectivity index (χ4v) is 2.54. The first-order valence-electron chi connectivity index (χ1n) is 6.91. The molecule has 0 aliphatic carbocycles. The lowest BCUT2D eigenvalue weighted by molar-refractivity contribution is 0.0960. The van der Waals surface area contributed by atoms with Gasteiger partial charge in [-0.1, -0.05) is 17.7 Å². The van der Waals surface area contributed by atoms with Gasteiger partial charge in [0.1, 0.15) is 23.4 Å². The number of rotatable bonds is 4. The van der Waals surface area contributed by atoms with Crippen molar-refractivity contribution in [3.05, 3.63) is 65.7 Å². The van der Waals surface area contributed by atoms with E-state index in [-0.39, 0.29) is 6.10 Å². The zero-order valence-corrected chi connectivity index (χ0v) is 12.3. The van der Waals surface area contributed by atoms with Gasteiger partial charge in [-0.3, -0.25) is 0 Å². The van der Waals surface area contributed by atoms with Crippen molar-refractivity contribution in [1.82, 2.24) is 0 Å². The Morgan fingerprint density at radius 3 is 2.76 bits per heavy atom. The van der Waals surface area contributed by atoms with E-state index in [9.17, 15) is 0 Å². The molecule has 108 valence electrons. The minimum absolute atomic E-state index is 0.146. The quantitative estimate of drug-likeness (QED) is 0.778. The van der Waals surface area contributed by atoms with Gasteiger partial charge in [0.15, 0.2) is 0 Å². The van der Waals surface area contributed by atoms with Crippen LogP contribution in [-0.2, 0) is 4.74 Å². The van der Waals surface area contributed by atoms with Crippen LogP contribution in [0.1, 0.15) is 22.8 Å². The second-order valence-corrected chi connectivity index (χ2v) is 5.05. The largest absolute Gasteiger partial charge is 0.497 e. The average molecular weight is 282 g/mol. The second kappa shape index (κ2) is 5.62. The van der Waals surface area contributed by atoms with Crippen LogP contribution in [-0.4, -0.2) is 13.7 Å². The van der Waals surface area contributed by atoms with Gasteiger partial charge in [0, 0.05) is 17.2 Å². The summed E-state index contributed by atoms with van der Waals surface area (Å²) in [5, 5.41) is 0. The Morgan fingerprint density at radius 1 is 1.14 bits per heavy atom. The lowest BCUT2D eigenvalue weighted by Gasteiger charge is -2.28. The van der Waals surface area contributed by atoms with E-state index in [1.54, 1.807) is 13.2 Å². The molecular weight excluding hydrogens is 264 g/mol. The van der Waals surface area contributed by atoms with Crippen molar-refractivity contribution in [2.75, 3.05) is 13.7 Å². The molecule has 0 saturated carbocycles. The number of benzene rings is 2. The molecule has 3 rings (SSSR count). The second-order valence-electron chi connectivity index (χ2n) is 5.05. The van der Waals surface area contributed by atoms with Gasteiger partial charge in [-0.05, 0) is 31.2 Å². The molecule has 0 fully saturated rings. The van der Waals surface area contributed by atoms with Gasteiger partial charge in [0.2, 0.25) is 0 Å². The molecule has 0 aromatic heterocycles. The van der Waals surface area contributed by atoms with Gasteiger partial charge in [-0.2, -0.15) is 0 Å². The van der Waals surface area contributed by atoms with Crippen LogP contribution in [0.15, 0.2) is 49.1 Å². The third-order valence-electron chi connectivity index (χ3n) is 3.55. The third-order valence-corrected chi connectivity index (χ3v) is 3.55. The molecular formula is C18H18O3. The minimum Gasteiger partial charge on any atom is -0.497 e. The summed E-state index contributed by atoms with van der Waals surface area (Å²) in [7, 11) is 1.65. The van der Waals surface area contributed by atoms with Crippen LogP contribution >= 0.6 is 0 Å². The van der Waals surface area contributed by atoms with Crippen LogP contribution in [0.4, 0.5) is 0 Å². The molecule has 1 unspecified atom stereocenters. The van der Waals surface area contributed by atoms with Crippen molar-refractivity contribution in [3.8, 4) is 17.2 Å². The average Bonchev–Trinajstić information content (AvgIpc) is 2.51. The standard InChI is InChI=1S/C18H18O3/c1-4-9-20-18-14-7-6-13(19-3)11-17(14)21-16-8-5-12(2)10-15(16)18/h4-8,10-11,18H,1,9H2,2-3H3. The Kier molecular flexibility index (Phi) is 3.67. The molecule has 21 heavy (non-hydrogen) atoms. The highest BCUT2D eigenvalue weighted by Gasteiger charge is 2.28. The molecule has 1 aliphatic rings. The Hall–Kier alpha value is -2.26. The molecule has 1 heterocycles. The number of hydrogen-bond donors (Lipinski definition) is 0. The highest BCUT2D eigenvalue weighted by Crippen LogP contribution is 2.46. The number of methoxy groups -OCH3 is 1. The van der Waals surface area contributed by atoms with Crippen LogP contribution in [0.5, 0.6) is 17.2 Å². The van der Waals surface area contributed by atoms with Crippen LogP contribution in [0.3, 0.4) is 0 Å². The molecule has 0 saturated heterocycles. The maximum Gasteiger partial charge on any atom is 0.137 e. The van der Waals surface area contributed by atoms with E-state index in [1.165, 1.54) is 5.56 Å². The van der Waals surface area contributed by atoms with Crippen molar-refractivity contribution >= 4 is 0 Å². The van der Waals surface area contributed by atoms with Crippen molar-refractivity contribution in [2.45, 2.75) is 13.0 Å². The maximum atomic E-state index is 6.00. The number of hydrogen-bond acceptors (Lipinski definition) is 3. The SMILES string of the molecule is C=CCOC1c2ccc(OC)cc2Oc2ccc(C)cc21. The molecule has 2 aromatic rings. The molecule has 2 aromatic carbocycles. The van der Waals surface area contributed by atoms with E-state index in [0.717, 1.165) is 28.4 Å². The van der Waals surface area contributed by atoms with E-state index < -0.39 is 0 Å². The topological polar surface area (TPSA) is 27.7 Å². The molecule has 0 bridgehead atoms. The summed E-state index contributed by atoms with van der Waals surface area (Å²) < 4.78 is 17.2. The van der Waals surface area contributed by atoms with Crippen molar-refractivity contribution in [3.63, 3.8) is 0 Å². The first kappa shape index (κ1) is 13.7. The van der Waals surface area contributed by atoms with E-state index in [0.29, 0.717) is 6.61 Å². The van der Waals surface area contributed by atoms with Gasteiger partial charge in [0.25, 0.3) is 0 Å². The lowest BCUT2D eigenvalue weighted by atomic mass is 9.95. The zero-order valence-electron chi connectivity index (χ0n) is 12.3. The number of ether oxygens (including phenoxy) is 3. The Labute approximate surface area is 124 Å². The summed E-state index contributed by atoms with van der Waals surface area (Å²) in [6.45, 7) is 6.28. The van der Waals surface area contributed by atoms with Crippen LogP contribution in [0, 0.1) is 6.92 Å². The van der Waals surface area contributed by atoms with Crippen LogP contribution in [0.25, 0.3) is 0 Å². The summed E-state index contributed by atoms with van der Waals surface area (Å²) in [5.41, 5.74) is 3.24. The lowest BCUT2D eigenvalue weighted by Crippen LogP contribution is -2.14. The van der Waals surface area contributed by atoms with Gasteiger partial charge in [-0.25, -0.2) is 0 Å². The van der Waals surface area contributed by atoms with Gasteiger partial charge >= 0.3 is 0 Å². The summed E-state index contributed by atoms with van der Waals surface area (Å²) in [6.07, 6.45) is 1.61. The molecule has 0 spiro atoms. The Morgan fingerprint density at radius 2 is 2.00 bits per heavy atom. The monoisotopic (exact) mass is 282 g/mol. The molecule has 0 amide bonds. The van der Waals surface area contributed by atoms with Crippen molar-refractivity contribution in [1.29, 1.82) is 0 Å². The molecule has 1 atom stereocenters. The van der Waals surface area contributed by atoms with Crippen LogP contribution < -0.4 is 9.47 Å². The van der Waals surface area contributed by atoms with Gasteiger partial charge in [-0.15, -0.1) is 6.58 Å². The van der Waals surface area contributed by atoms with E-state index >= 15 is 0 Å². The smallest absolute Gasteiger partial charge is 0.137 e. The molecule has 3 nitrogen and oxygen atoms in total. The Balaban J connectivity index is 2.09. The fraction of sp³-hybridized carbons (Fsp3) is 0.222. The Bertz CT molecular complexity index is 676. The zero-order chi connectivity index (χ0) is 14.8. The number of fused-ring (bicyclic) bond motifs is 2. The van der Waals surface area contributed by atoms with E-state index in [2.05, 4.69) is 19.6 Å². The highest BCUT2D eigenvalue weighted by molar-refractivity contribution is 5.55. The minimum atomic E-state index is -0.146. The summed E-state index contributed by atoms with van der Waals surface area (Å²) in [6, 6.07) is 11.9. The number of aryl methyl sites for hydroxylation is 1. The summed E-state index contributed by atoms with van der Waals surface area (Å²) in [5.74, 6) is 2.38. The van der Waals surface area contributed by atoms with Gasteiger partial charge in [0.05, 0.1) is 13.7 Å². The molecule has 3 heteroatoms. The van der Waals surface area contributed by atoms with E-state index in [4.69, 9.17) is 14.2 Å². The fourth-order valence-electron chi connectivity index (χ4n) is 2.54. The molecule has 0 radical (unpaired) electrons. The highest BCUT2D eigenvalue weighted by atomic mass is 16.5. The maximum absolute atomic E-state index is 6.00. The van der Waals surface area contributed by atoms with Crippen molar-refractivity contribution < 1.29 is 14.2 Å².